The Morgan fingerprint density at radius 1 is 1.09 bits per heavy atom. The molecule has 0 radical (unpaired) electrons. The number of benzene rings is 2. The highest BCUT2D eigenvalue weighted by Crippen LogP contribution is 2.30. The highest BCUT2D eigenvalue weighted by molar-refractivity contribution is 6.31. The molecule has 9 nitrogen and oxygen atoms in total. The molecule has 2 heterocycles. The zero-order valence-corrected chi connectivity index (χ0v) is 25.9. The molecule has 2 aliphatic heterocycles. The third-order valence-electron chi connectivity index (χ3n) is 7.66. The summed E-state index contributed by atoms with van der Waals surface area (Å²) in [6.45, 7) is 7.24. The number of aliphatic hydroxyl groups excluding tert-OH is 1. The molecule has 43 heavy (non-hydrogen) atoms. The fourth-order valence-electron chi connectivity index (χ4n) is 5.13. The van der Waals surface area contributed by atoms with Crippen LogP contribution < -0.4 is 5.32 Å². The van der Waals surface area contributed by atoms with Gasteiger partial charge in [-0.2, -0.15) is 0 Å². The zero-order chi connectivity index (χ0) is 31.4. The summed E-state index contributed by atoms with van der Waals surface area (Å²) in [7, 11) is 3.83. The molecule has 0 bridgehead atoms. The van der Waals surface area contributed by atoms with E-state index in [-0.39, 0.29) is 30.3 Å². The van der Waals surface area contributed by atoms with Gasteiger partial charge in [-0.25, -0.2) is 10.0 Å². The Kier molecular flexibility index (Phi) is 13.0. The fraction of sp³-hybridized carbons (Fsp3) is 0.364. The Bertz CT molecular complexity index is 1320. The Balaban J connectivity index is 0.000000428. The summed E-state index contributed by atoms with van der Waals surface area (Å²) in [4.78, 5) is 40.2. The highest BCUT2D eigenvalue weighted by atomic mass is 35.5. The quantitative estimate of drug-likeness (QED) is 0.167. The van der Waals surface area contributed by atoms with Crippen molar-refractivity contribution in [2.24, 2.45) is 0 Å². The van der Waals surface area contributed by atoms with E-state index in [4.69, 9.17) is 11.6 Å². The van der Waals surface area contributed by atoms with Gasteiger partial charge in [-0.05, 0) is 48.6 Å². The summed E-state index contributed by atoms with van der Waals surface area (Å²) in [5, 5.41) is 16.8. The topological polar surface area (TPSA) is 96.4 Å². The van der Waals surface area contributed by atoms with E-state index in [1.807, 2.05) is 96.6 Å². The molecule has 1 unspecified atom stereocenters. The van der Waals surface area contributed by atoms with Crippen molar-refractivity contribution >= 4 is 29.8 Å². The number of likely N-dealkylation sites (N-methyl/N-ethyl adjacent to an activating group) is 2. The number of halogens is 1. The van der Waals surface area contributed by atoms with E-state index in [2.05, 4.69) is 11.9 Å². The summed E-state index contributed by atoms with van der Waals surface area (Å²) in [6.07, 6.45) is 7.27. The van der Waals surface area contributed by atoms with Crippen LogP contribution in [-0.2, 0) is 27.5 Å². The Labute approximate surface area is 259 Å². The second kappa shape index (κ2) is 16.6. The van der Waals surface area contributed by atoms with Crippen molar-refractivity contribution in [2.75, 3.05) is 27.2 Å². The standard InChI is InChI=1S/C25H33ClN4O3.C8H9NO/c1-5-18(10-9-12-20(31)6-2)14-22-25(33)29(15-19-11-7-8-13-21(19)26)16-23-28(4)27(3)17-24(32)30(22)23;10-7-9-6-8-4-2-1-3-5-8/h6-8,10-13,22-23,31H,2,5,9,14-17H2,1,3-4H3;1-5,7H,6H2,(H,9,10)/b18-10+,20-12+;/t22-,23?;/m0./s1. The van der Waals surface area contributed by atoms with E-state index in [1.165, 1.54) is 6.08 Å². The van der Waals surface area contributed by atoms with Gasteiger partial charge in [0.25, 0.3) is 0 Å². The first-order valence-electron chi connectivity index (χ1n) is 14.4. The molecule has 2 N–H and O–H groups in total. The van der Waals surface area contributed by atoms with E-state index < -0.39 is 6.04 Å². The average molecular weight is 608 g/mol. The van der Waals surface area contributed by atoms with Gasteiger partial charge in [0.1, 0.15) is 18.0 Å². The van der Waals surface area contributed by atoms with Gasteiger partial charge in [0.2, 0.25) is 18.2 Å². The molecule has 230 valence electrons. The Hall–Kier alpha value is -3.92. The van der Waals surface area contributed by atoms with Crippen LogP contribution in [0.2, 0.25) is 5.02 Å². The second-order valence-electron chi connectivity index (χ2n) is 10.5. The number of carbonyl (C=O) groups excluding carboxylic acids is 3. The van der Waals surface area contributed by atoms with Crippen LogP contribution in [0.25, 0.3) is 0 Å². The number of piperazine rings is 1. The lowest BCUT2D eigenvalue weighted by molar-refractivity contribution is -0.193. The van der Waals surface area contributed by atoms with E-state index >= 15 is 0 Å². The van der Waals surface area contributed by atoms with Crippen LogP contribution in [0.4, 0.5) is 0 Å². The van der Waals surface area contributed by atoms with Crippen molar-refractivity contribution in [1.29, 1.82) is 0 Å². The van der Waals surface area contributed by atoms with Gasteiger partial charge in [-0.3, -0.25) is 14.4 Å². The van der Waals surface area contributed by atoms with Crippen molar-refractivity contribution < 1.29 is 19.5 Å². The van der Waals surface area contributed by atoms with Crippen molar-refractivity contribution in [3.05, 3.63) is 107 Å². The lowest BCUT2D eigenvalue weighted by Crippen LogP contribution is -2.73. The SMILES string of the molecule is C=C/C(O)=C\C/C=C(\CC)C[C@H]1C(=O)N(Cc2ccccc2Cl)CC2N1C(=O)CN(C)N2C.O=CNCc1ccccc1. The lowest BCUT2D eigenvalue weighted by Gasteiger charge is -2.54. The number of allylic oxidation sites excluding steroid dienone is 3. The third-order valence-corrected chi connectivity index (χ3v) is 8.03. The molecular formula is C33H42ClN5O4. The summed E-state index contributed by atoms with van der Waals surface area (Å²) in [5.74, 6) is 0.00888. The van der Waals surface area contributed by atoms with Gasteiger partial charge < -0.3 is 20.2 Å². The molecule has 0 aromatic heterocycles. The number of hydrogen-bond acceptors (Lipinski definition) is 6. The van der Waals surface area contributed by atoms with Gasteiger partial charge >= 0.3 is 0 Å². The first-order valence-corrected chi connectivity index (χ1v) is 14.8. The third kappa shape index (κ3) is 9.28. The molecule has 2 saturated heterocycles. The minimum absolute atomic E-state index is 0.0454. The zero-order valence-electron chi connectivity index (χ0n) is 25.2. The summed E-state index contributed by atoms with van der Waals surface area (Å²) in [6, 6.07) is 16.7. The molecule has 2 aliphatic rings. The van der Waals surface area contributed by atoms with Crippen LogP contribution in [0.3, 0.4) is 0 Å². The van der Waals surface area contributed by atoms with Crippen LogP contribution in [-0.4, -0.2) is 82.5 Å². The number of aliphatic hydroxyl groups is 1. The smallest absolute Gasteiger partial charge is 0.246 e. The van der Waals surface area contributed by atoms with Gasteiger partial charge in [-0.1, -0.05) is 85.3 Å². The van der Waals surface area contributed by atoms with Gasteiger partial charge in [0, 0.05) is 32.2 Å². The van der Waals surface area contributed by atoms with E-state index in [1.54, 1.807) is 11.0 Å². The number of nitrogens with one attached hydrogen (secondary N) is 1. The second-order valence-corrected chi connectivity index (χ2v) is 10.9. The minimum Gasteiger partial charge on any atom is -0.508 e. The van der Waals surface area contributed by atoms with Gasteiger partial charge in [0.05, 0.1) is 13.1 Å². The Morgan fingerprint density at radius 2 is 1.79 bits per heavy atom. The maximum absolute atomic E-state index is 13.7. The maximum atomic E-state index is 13.7. The van der Waals surface area contributed by atoms with Crippen LogP contribution >= 0.6 is 11.6 Å². The first-order chi connectivity index (χ1) is 20.7. The number of hydrazine groups is 1. The van der Waals surface area contributed by atoms with Crippen molar-refractivity contribution in [1.82, 2.24) is 25.1 Å². The molecule has 2 aromatic carbocycles. The highest BCUT2D eigenvalue weighted by Gasteiger charge is 2.48. The fourth-order valence-corrected chi connectivity index (χ4v) is 5.33. The van der Waals surface area contributed by atoms with E-state index in [0.717, 1.165) is 23.1 Å². The Morgan fingerprint density at radius 3 is 2.44 bits per heavy atom. The molecule has 2 aromatic rings. The average Bonchev–Trinajstić information content (AvgIpc) is 3.01. The van der Waals surface area contributed by atoms with E-state index in [0.29, 0.717) is 43.9 Å². The largest absolute Gasteiger partial charge is 0.508 e. The number of fused-ring (bicyclic) bond motifs is 1. The summed E-state index contributed by atoms with van der Waals surface area (Å²) < 4.78 is 0. The number of nitrogens with zero attached hydrogens (tertiary/aromatic N) is 4. The predicted octanol–water partition coefficient (Wildman–Crippen LogP) is 4.67. The minimum atomic E-state index is -0.585. The number of amides is 3. The number of carbonyl (C=O) groups is 3. The monoisotopic (exact) mass is 607 g/mol. The molecular weight excluding hydrogens is 566 g/mol. The molecule has 10 heteroatoms. The molecule has 4 rings (SSSR count). The molecule has 0 aliphatic carbocycles. The normalized spacial score (nSPS) is 19.8. The lowest BCUT2D eigenvalue weighted by atomic mass is 9.96. The molecule has 3 amide bonds. The maximum Gasteiger partial charge on any atom is 0.246 e. The van der Waals surface area contributed by atoms with Crippen molar-refractivity contribution in [2.45, 2.75) is 51.5 Å². The molecule has 0 saturated carbocycles. The van der Waals surface area contributed by atoms with Gasteiger partial charge in [0.15, 0.2) is 0 Å². The molecule has 2 atom stereocenters. The summed E-state index contributed by atoms with van der Waals surface area (Å²) >= 11 is 6.38. The number of rotatable bonds is 11. The molecule has 0 spiro atoms. The van der Waals surface area contributed by atoms with E-state index in [9.17, 15) is 19.5 Å². The first kappa shape index (κ1) is 33.6. The number of hydrogen-bond donors (Lipinski definition) is 2. The predicted molar refractivity (Wildman–Crippen MR) is 170 cm³/mol. The van der Waals surface area contributed by atoms with Gasteiger partial charge in [-0.15, -0.1) is 0 Å². The summed E-state index contributed by atoms with van der Waals surface area (Å²) in [5.41, 5.74) is 3.07. The molecule has 2 fully saturated rings. The van der Waals surface area contributed by atoms with Crippen molar-refractivity contribution in [3.63, 3.8) is 0 Å². The van der Waals surface area contributed by atoms with Crippen molar-refractivity contribution in [3.8, 4) is 0 Å². The van der Waals surface area contributed by atoms with Crippen LogP contribution in [0.5, 0.6) is 0 Å². The van der Waals surface area contributed by atoms with Crippen LogP contribution in [0.1, 0.15) is 37.3 Å². The van der Waals surface area contributed by atoms with Crippen LogP contribution in [0, 0.1) is 0 Å². The van der Waals surface area contributed by atoms with Crippen LogP contribution in [0.15, 0.2) is 90.7 Å².